The highest BCUT2D eigenvalue weighted by Crippen LogP contribution is 2.12. The third-order valence-corrected chi connectivity index (χ3v) is 3.48. The van der Waals surface area contributed by atoms with Crippen LogP contribution in [0.2, 0.25) is 0 Å². The Balaban J connectivity index is 1.82. The summed E-state index contributed by atoms with van der Waals surface area (Å²) in [6, 6.07) is 11.2. The monoisotopic (exact) mass is 300 g/mol. The van der Waals surface area contributed by atoms with Crippen molar-refractivity contribution in [1.29, 1.82) is 0 Å². The number of hydrogen-bond acceptors (Lipinski definition) is 3. The van der Waals surface area contributed by atoms with E-state index < -0.39 is 0 Å². The van der Waals surface area contributed by atoms with E-state index in [0.717, 1.165) is 11.3 Å². The molecule has 0 unspecified atom stereocenters. The van der Waals surface area contributed by atoms with E-state index in [9.17, 15) is 9.59 Å². The van der Waals surface area contributed by atoms with Gasteiger partial charge in [-0.2, -0.15) is 0 Å². The van der Waals surface area contributed by atoms with Crippen LogP contribution in [-0.4, -0.2) is 17.6 Å². The number of ether oxygens (including phenoxy) is 1. The summed E-state index contributed by atoms with van der Waals surface area (Å²) in [5.41, 5.74) is 1.58. The zero-order chi connectivity index (χ0) is 15.9. The molecule has 0 spiro atoms. The van der Waals surface area contributed by atoms with Gasteiger partial charge in [-0.3, -0.25) is 9.59 Å². The predicted molar refractivity (Wildman–Crippen MR) is 84.8 cm³/mol. The first kappa shape index (κ1) is 15.8. The van der Waals surface area contributed by atoms with Gasteiger partial charge in [-0.25, -0.2) is 0 Å². The first-order chi connectivity index (χ1) is 10.6. The maximum atomic E-state index is 11.9. The fourth-order valence-electron chi connectivity index (χ4n) is 2.12. The minimum Gasteiger partial charge on any atom is -0.497 e. The Morgan fingerprint density at radius 3 is 2.64 bits per heavy atom. The van der Waals surface area contributed by atoms with Gasteiger partial charge in [0.1, 0.15) is 5.75 Å². The number of benzene rings is 1. The molecular weight excluding hydrogens is 280 g/mol. The number of rotatable bonds is 6. The number of carbonyl (C=O) groups excluding carboxylic acids is 1. The van der Waals surface area contributed by atoms with Crippen molar-refractivity contribution in [3.8, 4) is 5.75 Å². The van der Waals surface area contributed by atoms with Gasteiger partial charge in [0.05, 0.1) is 7.11 Å². The molecule has 1 amide bonds. The summed E-state index contributed by atoms with van der Waals surface area (Å²) >= 11 is 0. The zero-order valence-corrected chi connectivity index (χ0v) is 12.8. The van der Waals surface area contributed by atoms with E-state index in [1.54, 1.807) is 32.5 Å². The second kappa shape index (κ2) is 7.45. The summed E-state index contributed by atoms with van der Waals surface area (Å²) in [6.45, 7) is 0.259. The third kappa shape index (κ3) is 4.22. The van der Waals surface area contributed by atoms with Gasteiger partial charge < -0.3 is 14.6 Å². The van der Waals surface area contributed by atoms with Crippen molar-refractivity contribution in [1.82, 2.24) is 9.88 Å². The van der Waals surface area contributed by atoms with E-state index in [0.29, 0.717) is 18.4 Å². The molecule has 1 aromatic carbocycles. The van der Waals surface area contributed by atoms with Gasteiger partial charge in [0, 0.05) is 31.8 Å². The minimum absolute atomic E-state index is 0.0678. The molecule has 5 heteroatoms. The number of carbonyl (C=O) groups is 1. The molecule has 0 saturated carbocycles. The molecule has 116 valence electrons. The highest BCUT2D eigenvalue weighted by molar-refractivity contribution is 5.76. The highest BCUT2D eigenvalue weighted by Gasteiger charge is 2.05. The van der Waals surface area contributed by atoms with Crippen molar-refractivity contribution in [2.75, 3.05) is 7.11 Å². The van der Waals surface area contributed by atoms with Gasteiger partial charge in [-0.1, -0.05) is 18.2 Å². The Morgan fingerprint density at radius 2 is 1.95 bits per heavy atom. The maximum absolute atomic E-state index is 11.9. The molecule has 2 aromatic rings. The summed E-state index contributed by atoms with van der Waals surface area (Å²) in [6.07, 6.45) is 2.74. The third-order valence-electron chi connectivity index (χ3n) is 3.48. The molecule has 2 rings (SSSR count). The lowest BCUT2D eigenvalue weighted by atomic mass is 10.1. The van der Waals surface area contributed by atoms with E-state index in [1.807, 2.05) is 24.3 Å². The number of nitrogens with zero attached hydrogens (tertiary/aromatic N) is 1. The van der Waals surface area contributed by atoms with Crippen LogP contribution in [0.3, 0.4) is 0 Å². The zero-order valence-electron chi connectivity index (χ0n) is 12.8. The lowest BCUT2D eigenvalue weighted by Crippen LogP contribution is -2.28. The number of pyridine rings is 1. The molecule has 0 radical (unpaired) electrons. The van der Waals surface area contributed by atoms with Gasteiger partial charge in [0.15, 0.2) is 0 Å². The molecule has 0 aliphatic rings. The van der Waals surface area contributed by atoms with Crippen molar-refractivity contribution in [3.63, 3.8) is 0 Å². The quantitative estimate of drug-likeness (QED) is 0.882. The molecule has 0 atom stereocenters. The second-order valence-corrected chi connectivity index (χ2v) is 5.07. The predicted octanol–water partition coefficient (Wildman–Crippen LogP) is 1.64. The normalized spacial score (nSPS) is 10.3. The van der Waals surface area contributed by atoms with Crippen molar-refractivity contribution in [2.45, 2.75) is 19.4 Å². The molecule has 1 heterocycles. The van der Waals surface area contributed by atoms with Gasteiger partial charge in [-0.05, 0) is 30.2 Å². The number of hydrogen-bond donors (Lipinski definition) is 1. The van der Waals surface area contributed by atoms with Crippen LogP contribution >= 0.6 is 0 Å². The fourth-order valence-corrected chi connectivity index (χ4v) is 2.12. The molecule has 0 aliphatic heterocycles. The number of nitrogens with one attached hydrogen (secondary N) is 1. The summed E-state index contributed by atoms with van der Waals surface area (Å²) in [5.74, 6) is 0.731. The topological polar surface area (TPSA) is 60.3 Å². The van der Waals surface area contributed by atoms with E-state index >= 15 is 0 Å². The molecule has 0 aliphatic carbocycles. The van der Waals surface area contributed by atoms with Crippen molar-refractivity contribution >= 4 is 5.91 Å². The maximum Gasteiger partial charge on any atom is 0.255 e. The average Bonchev–Trinajstić information content (AvgIpc) is 2.54. The van der Waals surface area contributed by atoms with E-state index in [-0.39, 0.29) is 18.0 Å². The molecule has 5 nitrogen and oxygen atoms in total. The molecule has 1 N–H and O–H groups in total. The van der Waals surface area contributed by atoms with Crippen LogP contribution < -0.4 is 15.6 Å². The minimum atomic E-state index is -0.0852. The van der Waals surface area contributed by atoms with Gasteiger partial charge in [0.2, 0.25) is 5.91 Å². The van der Waals surface area contributed by atoms with E-state index in [1.165, 1.54) is 4.57 Å². The molecule has 0 bridgehead atoms. The van der Waals surface area contributed by atoms with Crippen LogP contribution in [0.25, 0.3) is 0 Å². The van der Waals surface area contributed by atoms with Gasteiger partial charge in [-0.15, -0.1) is 0 Å². The van der Waals surface area contributed by atoms with Crippen LogP contribution in [0.1, 0.15) is 17.5 Å². The summed E-state index contributed by atoms with van der Waals surface area (Å²) in [5, 5.41) is 2.78. The lowest BCUT2D eigenvalue weighted by molar-refractivity contribution is -0.121. The Kier molecular flexibility index (Phi) is 5.36. The summed E-state index contributed by atoms with van der Waals surface area (Å²) in [7, 11) is 3.31. The Bertz CT molecular complexity index is 690. The van der Waals surface area contributed by atoms with Gasteiger partial charge in [0.25, 0.3) is 5.56 Å². The Labute approximate surface area is 129 Å². The van der Waals surface area contributed by atoms with Gasteiger partial charge >= 0.3 is 0 Å². The van der Waals surface area contributed by atoms with Crippen LogP contribution in [0, 0.1) is 0 Å². The summed E-state index contributed by atoms with van der Waals surface area (Å²) in [4.78, 5) is 23.7. The van der Waals surface area contributed by atoms with E-state index in [2.05, 4.69) is 5.32 Å². The van der Waals surface area contributed by atoms with Crippen molar-refractivity contribution in [2.24, 2.45) is 7.05 Å². The smallest absolute Gasteiger partial charge is 0.255 e. The van der Waals surface area contributed by atoms with Crippen LogP contribution in [0.15, 0.2) is 47.4 Å². The average molecular weight is 300 g/mol. The van der Waals surface area contributed by atoms with Crippen LogP contribution in [0.5, 0.6) is 5.75 Å². The number of methoxy groups -OCH3 is 1. The summed E-state index contributed by atoms with van der Waals surface area (Å²) < 4.78 is 6.59. The highest BCUT2D eigenvalue weighted by atomic mass is 16.5. The first-order valence-corrected chi connectivity index (χ1v) is 7.14. The van der Waals surface area contributed by atoms with Crippen LogP contribution in [-0.2, 0) is 24.8 Å². The van der Waals surface area contributed by atoms with E-state index in [4.69, 9.17) is 4.74 Å². The van der Waals surface area contributed by atoms with Crippen molar-refractivity contribution < 1.29 is 9.53 Å². The fraction of sp³-hybridized carbons (Fsp3) is 0.294. The van der Waals surface area contributed by atoms with Crippen LogP contribution in [0.4, 0.5) is 0 Å². The van der Waals surface area contributed by atoms with Crippen molar-refractivity contribution in [3.05, 3.63) is 64.1 Å². The lowest BCUT2D eigenvalue weighted by Gasteiger charge is -2.07. The first-order valence-electron chi connectivity index (χ1n) is 7.14. The Hall–Kier alpha value is -2.56. The number of aromatic nitrogens is 1. The molecule has 0 saturated heterocycles. The molecule has 1 aromatic heterocycles. The molecule has 22 heavy (non-hydrogen) atoms. The largest absolute Gasteiger partial charge is 0.497 e. The second-order valence-electron chi connectivity index (χ2n) is 5.07. The molecular formula is C17H20N2O3. The molecule has 0 fully saturated rings. The SMILES string of the molecule is COc1ccc(CCC(=O)NCc2cccn(C)c2=O)cc1. The standard InChI is InChI=1S/C17H20N2O3/c1-19-11-3-4-14(17(19)21)12-18-16(20)10-7-13-5-8-15(22-2)9-6-13/h3-6,8-9,11H,7,10,12H2,1-2H3,(H,18,20). The Morgan fingerprint density at radius 1 is 1.23 bits per heavy atom. The number of aryl methyl sites for hydroxylation is 2. The number of amides is 1.